The predicted molar refractivity (Wildman–Crippen MR) is 87.9 cm³/mol. The van der Waals surface area contributed by atoms with Crippen LogP contribution >= 0.6 is 0 Å². The van der Waals surface area contributed by atoms with Crippen LogP contribution in [0.2, 0.25) is 0 Å². The van der Waals surface area contributed by atoms with Crippen molar-refractivity contribution in [3.8, 4) is 0 Å². The van der Waals surface area contributed by atoms with E-state index < -0.39 is 28.1 Å². The van der Waals surface area contributed by atoms with Crippen molar-refractivity contribution in [2.24, 2.45) is 10.9 Å². The SMILES string of the molecule is NC(=O)N[C@@H](CCC(=O)NCCc1ccc(S(N)(=O)=O)cc1)C(=O)O. The first kappa shape index (κ1) is 20.4. The third kappa shape index (κ3) is 7.63. The van der Waals surface area contributed by atoms with E-state index >= 15 is 0 Å². The maximum atomic E-state index is 11.7. The van der Waals surface area contributed by atoms with Gasteiger partial charge in [-0.2, -0.15) is 0 Å². The Morgan fingerprint density at radius 3 is 2.24 bits per heavy atom. The number of carbonyl (C=O) groups is 3. The largest absolute Gasteiger partial charge is 0.480 e. The molecule has 0 bridgehead atoms. The first-order valence-electron chi connectivity index (χ1n) is 7.27. The highest BCUT2D eigenvalue weighted by Crippen LogP contribution is 2.09. The number of urea groups is 1. The van der Waals surface area contributed by atoms with Crippen molar-refractivity contribution in [2.45, 2.75) is 30.2 Å². The molecule has 10 nitrogen and oxygen atoms in total. The molecule has 11 heteroatoms. The zero-order valence-electron chi connectivity index (χ0n) is 13.3. The Morgan fingerprint density at radius 2 is 1.76 bits per heavy atom. The molecule has 0 spiro atoms. The van der Waals surface area contributed by atoms with Crippen LogP contribution in [-0.2, 0) is 26.0 Å². The number of benzene rings is 1. The standard InChI is InChI=1S/C14H20N4O6S/c15-14(22)18-11(13(20)21)5-6-12(19)17-8-7-9-1-3-10(4-2-9)25(16,23)24/h1-4,11H,5-8H2,(H,17,19)(H,20,21)(H3,15,18,22)(H2,16,23,24)/t11-/m0/s1. The molecule has 7 N–H and O–H groups in total. The van der Waals surface area contributed by atoms with Crippen LogP contribution in [0.1, 0.15) is 18.4 Å². The lowest BCUT2D eigenvalue weighted by atomic mass is 10.1. The van der Waals surface area contributed by atoms with E-state index in [-0.39, 0.29) is 30.2 Å². The monoisotopic (exact) mass is 372 g/mol. The van der Waals surface area contributed by atoms with Crippen molar-refractivity contribution in [3.05, 3.63) is 29.8 Å². The molecule has 1 aromatic carbocycles. The summed E-state index contributed by atoms with van der Waals surface area (Å²) in [6.07, 6.45) is 0.271. The van der Waals surface area contributed by atoms with Gasteiger partial charge >= 0.3 is 12.0 Å². The molecule has 0 aromatic heterocycles. The fourth-order valence-electron chi connectivity index (χ4n) is 1.98. The van der Waals surface area contributed by atoms with E-state index in [0.717, 1.165) is 5.56 Å². The van der Waals surface area contributed by atoms with Crippen LogP contribution in [-0.4, -0.2) is 44.0 Å². The lowest BCUT2D eigenvalue weighted by molar-refractivity contribution is -0.139. The molecule has 1 rings (SSSR count). The van der Waals surface area contributed by atoms with Gasteiger partial charge in [0, 0.05) is 13.0 Å². The number of aliphatic carboxylic acids is 1. The maximum Gasteiger partial charge on any atom is 0.326 e. The van der Waals surface area contributed by atoms with Gasteiger partial charge in [0.1, 0.15) is 6.04 Å². The number of rotatable bonds is 9. The Kier molecular flexibility index (Phi) is 7.33. The second-order valence-corrected chi connectivity index (χ2v) is 6.79. The van der Waals surface area contributed by atoms with Crippen molar-refractivity contribution in [3.63, 3.8) is 0 Å². The van der Waals surface area contributed by atoms with E-state index in [0.29, 0.717) is 6.42 Å². The quantitative estimate of drug-likeness (QED) is 0.366. The number of carboxylic acids is 1. The Hall–Kier alpha value is -2.66. The molecule has 0 aliphatic carbocycles. The maximum absolute atomic E-state index is 11.7. The van der Waals surface area contributed by atoms with Gasteiger partial charge in [-0.15, -0.1) is 0 Å². The van der Waals surface area contributed by atoms with Crippen molar-refractivity contribution >= 4 is 27.9 Å². The van der Waals surface area contributed by atoms with E-state index in [9.17, 15) is 22.8 Å². The summed E-state index contributed by atoms with van der Waals surface area (Å²) in [4.78, 5) is 33.3. The molecule has 3 amide bonds. The molecule has 0 saturated carbocycles. The van der Waals surface area contributed by atoms with Gasteiger partial charge < -0.3 is 21.5 Å². The van der Waals surface area contributed by atoms with E-state index in [1.54, 1.807) is 12.1 Å². The number of amides is 3. The first-order valence-corrected chi connectivity index (χ1v) is 8.81. The number of carbonyl (C=O) groups excluding carboxylic acids is 2. The van der Waals surface area contributed by atoms with Crippen LogP contribution in [0.4, 0.5) is 4.79 Å². The molecule has 138 valence electrons. The van der Waals surface area contributed by atoms with Crippen LogP contribution in [0.3, 0.4) is 0 Å². The lowest BCUT2D eigenvalue weighted by Crippen LogP contribution is -2.44. The summed E-state index contributed by atoms with van der Waals surface area (Å²) in [5.41, 5.74) is 5.66. The summed E-state index contributed by atoms with van der Waals surface area (Å²) in [5.74, 6) is -1.65. The minimum atomic E-state index is -3.74. The summed E-state index contributed by atoms with van der Waals surface area (Å²) < 4.78 is 22.3. The second-order valence-electron chi connectivity index (χ2n) is 5.23. The molecular formula is C14H20N4O6S. The molecule has 0 unspecified atom stereocenters. The average molecular weight is 372 g/mol. The highest BCUT2D eigenvalue weighted by molar-refractivity contribution is 7.89. The number of carboxylic acid groups (broad SMARTS) is 1. The zero-order chi connectivity index (χ0) is 19.0. The third-order valence-corrected chi connectivity index (χ3v) is 4.19. The number of hydrogen-bond acceptors (Lipinski definition) is 5. The topological polar surface area (TPSA) is 182 Å². The van der Waals surface area contributed by atoms with E-state index in [1.165, 1.54) is 12.1 Å². The molecule has 0 heterocycles. The van der Waals surface area contributed by atoms with Crippen LogP contribution in [0.5, 0.6) is 0 Å². The normalized spacial score (nSPS) is 12.2. The minimum absolute atomic E-state index is 0.00180. The van der Waals surface area contributed by atoms with E-state index in [1.807, 2.05) is 5.32 Å². The number of nitrogens with two attached hydrogens (primary N) is 2. The summed E-state index contributed by atoms with van der Waals surface area (Å²) >= 11 is 0. The van der Waals surface area contributed by atoms with Crippen molar-refractivity contribution in [1.82, 2.24) is 10.6 Å². The van der Waals surface area contributed by atoms with Gasteiger partial charge in [-0.3, -0.25) is 4.79 Å². The van der Waals surface area contributed by atoms with E-state index in [4.69, 9.17) is 16.0 Å². The first-order chi connectivity index (χ1) is 11.6. The molecule has 0 fully saturated rings. The van der Waals surface area contributed by atoms with Gasteiger partial charge in [-0.25, -0.2) is 23.1 Å². The van der Waals surface area contributed by atoms with Gasteiger partial charge in [0.05, 0.1) is 4.90 Å². The second kappa shape index (κ2) is 8.99. The number of nitrogens with one attached hydrogen (secondary N) is 2. The summed E-state index contributed by atoms with van der Waals surface area (Å²) in [6.45, 7) is 0.286. The van der Waals surface area contributed by atoms with Gasteiger partial charge in [0.2, 0.25) is 15.9 Å². The smallest absolute Gasteiger partial charge is 0.326 e. The lowest BCUT2D eigenvalue weighted by Gasteiger charge is -2.12. The Labute approximate surface area is 144 Å². The highest BCUT2D eigenvalue weighted by Gasteiger charge is 2.19. The molecule has 1 atom stereocenters. The third-order valence-electron chi connectivity index (χ3n) is 3.26. The van der Waals surface area contributed by atoms with E-state index in [2.05, 4.69) is 5.32 Å². The molecule has 0 radical (unpaired) electrons. The van der Waals surface area contributed by atoms with Crippen LogP contribution < -0.4 is 21.5 Å². The average Bonchev–Trinajstić information content (AvgIpc) is 2.50. The number of sulfonamides is 1. The highest BCUT2D eigenvalue weighted by atomic mass is 32.2. The summed E-state index contributed by atoms with van der Waals surface area (Å²) in [7, 11) is -3.74. The Balaban J connectivity index is 2.39. The number of primary sulfonamides is 1. The Bertz CT molecular complexity index is 732. The molecule has 25 heavy (non-hydrogen) atoms. The van der Waals surface area contributed by atoms with Gasteiger partial charge in [0.25, 0.3) is 0 Å². The summed E-state index contributed by atoms with van der Waals surface area (Å²) in [5, 5.41) is 18.5. The van der Waals surface area contributed by atoms with Crippen molar-refractivity contribution in [1.29, 1.82) is 0 Å². The van der Waals surface area contributed by atoms with Gasteiger partial charge in [-0.05, 0) is 30.5 Å². The fourth-order valence-corrected chi connectivity index (χ4v) is 2.50. The van der Waals surface area contributed by atoms with Gasteiger partial charge in [0.15, 0.2) is 0 Å². The van der Waals surface area contributed by atoms with Crippen LogP contribution in [0.25, 0.3) is 0 Å². The predicted octanol–water partition coefficient (Wildman–Crippen LogP) is -1.11. The Morgan fingerprint density at radius 1 is 1.16 bits per heavy atom. The summed E-state index contributed by atoms with van der Waals surface area (Å²) in [6, 6.07) is 3.72. The number of primary amides is 1. The van der Waals surface area contributed by atoms with Gasteiger partial charge in [-0.1, -0.05) is 12.1 Å². The zero-order valence-corrected chi connectivity index (χ0v) is 14.1. The van der Waals surface area contributed by atoms with Crippen LogP contribution in [0, 0.1) is 0 Å². The number of hydrogen-bond donors (Lipinski definition) is 5. The van der Waals surface area contributed by atoms with Crippen molar-refractivity contribution < 1.29 is 27.9 Å². The van der Waals surface area contributed by atoms with Crippen molar-refractivity contribution in [2.75, 3.05) is 6.54 Å². The molecule has 1 aromatic rings. The molecular weight excluding hydrogens is 352 g/mol. The molecule has 0 saturated heterocycles. The minimum Gasteiger partial charge on any atom is -0.480 e. The fraction of sp³-hybridized carbons (Fsp3) is 0.357. The van der Waals surface area contributed by atoms with Crippen LogP contribution in [0.15, 0.2) is 29.2 Å². The molecule has 0 aliphatic rings. The molecule has 0 aliphatic heterocycles.